The fourth-order valence-corrected chi connectivity index (χ4v) is 5.54. The van der Waals surface area contributed by atoms with Crippen LogP contribution in [0.5, 0.6) is 0 Å². The lowest BCUT2D eigenvalue weighted by molar-refractivity contribution is 0.0418. The van der Waals surface area contributed by atoms with Crippen molar-refractivity contribution in [1.82, 2.24) is 10.6 Å². The summed E-state index contributed by atoms with van der Waals surface area (Å²) in [7, 11) is 0. The van der Waals surface area contributed by atoms with Gasteiger partial charge in [-0.05, 0) is 49.5 Å². The minimum absolute atomic E-state index is 0.0894. The number of carbonyl (C=O) groups is 1. The second-order valence-corrected chi connectivity index (χ2v) is 8.44. The van der Waals surface area contributed by atoms with Gasteiger partial charge in [0.1, 0.15) is 0 Å². The van der Waals surface area contributed by atoms with Gasteiger partial charge in [0.15, 0.2) is 0 Å². The number of aliphatic hydroxyl groups is 1. The normalized spacial score (nSPS) is 23.8. The van der Waals surface area contributed by atoms with Gasteiger partial charge in [0, 0.05) is 15.7 Å². The van der Waals surface area contributed by atoms with Gasteiger partial charge in [-0.2, -0.15) is 0 Å². The van der Waals surface area contributed by atoms with Crippen LogP contribution in [0.4, 0.5) is 0 Å². The minimum Gasteiger partial charge on any atom is -0.390 e. The van der Waals surface area contributed by atoms with Crippen LogP contribution in [-0.4, -0.2) is 30.2 Å². The molecular weight excluding hydrogens is 344 g/mol. The first-order chi connectivity index (χ1) is 12.7. The first-order valence-corrected chi connectivity index (χ1v) is 10.4. The van der Waals surface area contributed by atoms with Crippen LogP contribution in [0.25, 0.3) is 0 Å². The molecule has 26 heavy (non-hydrogen) atoms. The largest absolute Gasteiger partial charge is 0.390 e. The molecule has 138 valence electrons. The summed E-state index contributed by atoms with van der Waals surface area (Å²) >= 11 is 1.64. The first-order valence-electron chi connectivity index (χ1n) is 9.52. The maximum atomic E-state index is 12.8. The van der Waals surface area contributed by atoms with Gasteiger partial charge in [-0.25, -0.2) is 0 Å². The summed E-state index contributed by atoms with van der Waals surface area (Å²) in [5, 5.41) is 19.7. The first kappa shape index (κ1) is 17.7. The van der Waals surface area contributed by atoms with E-state index >= 15 is 0 Å². The van der Waals surface area contributed by atoms with Gasteiger partial charge in [0.25, 0.3) is 5.91 Å². The molecule has 2 heterocycles. The van der Waals surface area contributed by atoms with Crippen LogP contribution in [-0.2, 0) is 11.8 Å². The Hall–Kier alpha value is -1.69. The van der Waals surface area contributed by atoms with Gasteiger partial charge in [-0.3, -0.25) is 4.79 Å². The van der Waals surface area contributed by atoms with Crippen LogP contribution in [0.15, 0.2) is 35.7 Å². The Morgan fingerprint density at radius 1 is 1.35 bits per heavy atom. The summed E-state index contributed by atoms with van der Waals surface area (Å²) in [5.41, 5.74) is 2.73. The minimum atomic E-state index is -0.584. The van der Waals surface area contributed by atoms with Gasteiger partial charge in [0.2, 0.25) is 0 Å². The third-order valence-electron chi connectivity index (χ3n) is 5.91. The highest BCUT2D eigenvalue weighted by molar-refractivity contribution is 7.10. The number of rotatable bonds is 4. The molecule has 2 aliphatic rings. The third kappa shape index (κ3) is 2.88. The third-order valence-corrected chi connectivity index (χ3v) is 6.91. The maximum Gasteiger partial charge on any atom is 0.252 e. The van der Waals surface area contributed by atoms with Gasteiger partial charge >= 0.3 is 0 Å². The SMILES string of the molecule is CCCc1cc(C(=O)N[C@H]2c3ccccc3C3(CCNCC3)[C@@H]2O)cs1. The van der Waals surface area contributed by atoms with E-state index in [2.05, 4.69) is 29.7 Å². The zero-order valence-corrected chi connectivity index (χ0v) is 15.9. The summed E-state index contributed by atoms with van der Waals surface area (Å²) < 4.78 is 0. The predicted molar refractivity (Wildman–Crippen MR) is 105 cm³/mol. The van der Waals surface area contributed by atoms with Crippen LogP contribution in [0.2, 0.25) is 0 Å². The molecule has 1 amide bonds. The molecule has 0 radical (unpaired) electrons. The monoisotopic (exact) mass is 370 g/mol. The van der Waals surface area contributed by atoms with E-state index < -0.39 is 6.10 Å². The zero-order chi connectivity index (χ0) is 18.1. The number of hydrogen-bond donors (Lipinski definition) is 3. The molecular formula is C21H26N2O2S. The fraction of sp³-hybridized carbons (Fsp3) is 0.476. The summed E-state index contributed by atoms with van der Waals surface area (Å²) in [5.74, 6) is -0.0894. The highest BCUT2D eigenvalue weighted by Crippen LogP contribution is 2.50. The Bertz CT molecular complexity index is 795. The Morgan fingerprint density at radius 3 is 2.88 bits per heavy atom. The number of hydrogen-bond acceptors (Lipinski definition) is 4. The summed E-state index contributed by atoms with van der Waals surface area (Å²) in [4.78, 5) is 14.1. The standard InChI is InChI=1S/C21H26N2O2S/c1-2-5-15-12-14(13-26-15)20(25)23-18-16-6-3-4-7-17(16)21(19(18)24)8-10-22-11-9-21/h3-4,6-7,12-13,18-19,22,24H,2,5,8-11H2,1H3,(H,23,25)/t18-,19+/m0/s1. The highest BCUT2D eigenvalue weighted by atomic mass is 32.1. The van der Waals surface area contributed by atoms with Gasteiger partial charge in [-0.15, -0.1) is 11.3 Å². The molecule has 1 fully saturated rings. The molecule has 1 spiro atoms. The average molecular weight is 371 g/mol. The van der Waals surface area contributed by atoms with Crippen molar-refractivity contribution in [2.24, 2.45) is 0 Å². The topological polar surface area (TPSA) is 61.4 Å². The number of thiophene rings is 1. The predicted octanol–water partition coefficient (Wildman–Crippen LogP) is 3.17. The lowest BCUT2D eigenvalue weighted by atomic mass is 9.72. The zero-order valence-electron chi connectivity index (χ0n) is 15.1. The number of fused-ring (bicyclic) bond motifs is 2. The van der Waals surface area contributed by atoms with Gasteiger partial charge in [-0.1, -0.05) is 37.6 Å². The molecule has 1 aliphatic heterocycles. The van der Waals surface area contributed by atoms with E-state index in [4.69, 9.17) is 0 Å². The van der Waals surface area contributed by atoms with Gasteiger partial charge in [0.05, 0.1) is 17.7 Å². The van der Waals surface area contributed by atoms with E-state index in [0.717, 1.165) is 44.3 Å². The Kier molecular flexibility index (Phi) is 4.86. The van der Waals surface area contributed by atoms with Crippen molar-refractivity contribution in [2.45, 2.75) is 50.2 Å². The van der Waals surface area contributed by atoms with Crippen molar-refractivity contribution < 1.29 is 9.90 Å². The summed E-state index contributed by atoms with van der Waals surface area (Å²) in [6.07, 6.45) is 3.29. The number of piperidine rings is 1. The van der Waals surface area contributed by atoms with Crippen LogP contribution < -0.4 is 10.6 Å². The van der Waals surface area contributed by atoms with E-state index in [9.17, 15) is 9.90 Å². The van der Waals surface area contributed by atoms with Crippen LogP contribution in [0.1, 0.15) is 58.6 Å². The molecule has 5 heteroatoms. The Labute approximate surface area is 158 Å². The quantitative estimate of drug-likeness (QED) is 0.775. The van der Waals surface area contributed by atoms with Crippen LogP contribution in [0.3, 0.4) is 0 Å². The number of benzene rings is 1. The van der Waals surface area contributed by atoms with Crippen molar-refractivity contribution in [3.8, 4) is 0 Å². The molecule has 2 atom stereocenters. The van der Waals surface area contributed by atoms with Crippen molar-refractivity contribution in [1.29, 1.82) is 0 Å². The van der Waals surface area contributed by atoms with Crippen LogP contribution in [0, 0.1) is 0 Å². The number of aryl methyl sites for hydroxylation is 1. The molecule has 4 nitrogen and oxygen atoms in total. The van der Waals surface area contributed by atoms with Gasteiger partial charge < -0.3 is 15.7 Å². The van der Waals surface area contributed by atoms with Crippen molar-refractivity contribution >= 4 is 17.2 Å². The highest BCUT2D eigenvalue weighted by Gasteiger charge is 2.52. The lowest BCUT2D eigenvalue weighted by Gasteiger charge is -2.38. The average Bonchev–Trinajstić information content (AvgIpc) is 3.22. The lowest BCUT2D eigenvalue weighted by Crippen LogP contribution is -2.48. The number of amides is 1. The molecule has 4 rings (SSSR count). The smallest absolute Gasteiger partial charge is 0.252 e. The summed E-state index contributed by atoms with van der Waals surface area (Å²) in [6, 6.07) is 9.85. The maximum absolute atomic E-state index is 12.8. The van der Waals surface area contributed by atoms with Crippen molar-refractivity contribution in [3.63, 3.8) is 0 Å². The fourth-order valence-electron chi connectivity index (χ4n) is 4.57. The molecule has 1 aromatic carbocycles. The number of aliphatic hydroxyl groups excluding tert-OH is 1. The number of nitrogens with one attached hydrogen (secondary N) is 2. The van der Waals surface area contributed by atoms with E-state index in [1.54, 1.807) is 11.3 Å². The van der Waals surface area contributed by atoms with E-state index in [1.165, 1.54) is 10.4 Å². The molecule has 0 unspecified atom stereocenters. The number of carbonyl (C=O) groups excluding carboxylic acids is 1. The molecule has 2 aromatic rings. The molecule has 0 bridgehead atoms. The van der Waals surface area contributed by atoms with Crippen LogP contribution >= 0.6 is 11.3 Å². The Balaban J connectivity index is 1.61. The summed E-state index contributed by atoms with van der Waals surface area (Å²) in [6.45, 7) is 3.94. The molecule has 1 aliphatic carbocycles. The van der Waals surface area contributed by atoms with Crippen molar-refractivity contribution in [3.05, 3.63) is 57.3 Å². The molecule has 0 saturated carbocycles. The van der Waals surface area contributed by atoms with E-state index in [0.29, 0.717) is 5.56 Å². The van der Waals surface area contributed by atoms with E-state index in [-0.39, 0.29) is 17.4 Å². The second-order valence-electron chi connectivity index (χ2n) is 7.44. The molecule has 1 aromatic heterocycles. The Morgan fingerprint density at radius 2 is 2.12 bits per heavy atom. The van der Waals surface area contributed by atoms with Crippen molar-refractivity contribution in [2.75, 3.05) is 13.1 Å². The second kappa shape index (κ2) is 7.14. The molecule has 3 N–H and O–H groups in total. The van der Waals surface area contributed by atoms with E-state index in [1.807, 2.05) is 23.6 Å². The molecule has 1 saturated heterocycles.